The van der Waals surface area contributed by atoms with E-state index in [4.69, 9.17) is 16.3 Å². The summed E-state index contributed by atoms with van der Waals surface area (Å²) in [5.41, 5.74) is 2.62. The Bertz CT molecular complexity index is 1220. The molecular formula is C22H14ClN3O3. The number of nitro benzene ring substituents is 1. The fourth-order valence-electron chi connectivity index (χ4n) is 2.71. The van der Waals surface area contributed by atoms with Crippen LogP contribution in [0.25, 0.3) is 23.2 Å². The SMILES string of the molecule is O=[N+]([O-])c1cccc(C=Cc2nc3ccccc3nc2Oc2ccc(Cl)cc2)c1. The van der Waals surface area contributed by atoms with Gasteiger partial charge in [-0.2, -0.15) is 0 Å². The van der Waals surface area contributed by atoms with Crippen LogP contribution in [0.5, 0.6) is 11.6 Å². The Hall–Kier alpha value is -3.77. The van der Waals surface area contributed by atoms with Crippen LogP contribution in [-0.4, -0.2) is 14.9 Å². The van der Waals surface area contributed by atoms with Crippen molar-refractivity contribution in [3.63, 3.8) is 0 Å². The van der Waals surface area contributed by atoms with Gasteiger partial charge in [-0.1, -0.05) is 41.9 Å². The largest absolute Gasteiger partial charge is 0.437 e. The number of hydrogen-bond acceptors (Lipinski definition) is 5. The highest BCUT2D eigenvalue weighted by Crippen LogP contribution is 2.27. The number of rotatable bonds is 5. The fraction of sp³-hybridized carbons (Fsp3) is 0. The molecule has 0 aliphatic carbocycles. The molecule has 1 heterocycles. The maximum Gasteiger partial charge on any atom is 0.270 e. The monoisotopic (exact) mass is 403 g/mol. The number of para-hydroxylation sites is 2. The first-order valence-corrected chi connectivity index (χ1v) is 9.09. The summed E-state index contributed by atoms with van der Waals surface area (Å²) in [5.74, 6) is 0.900. The Balaban J connectivity index is 1.74. The van der Waals surface area contributed by atoms with E-state index in [2.05, 4.69) is 9.97 Å². The maximum atomic E-state index is 11.0. The van der Waals surface area contributed by atoms with Crippen molar-refractivity contribution in [3.8, 4) is 11.6 Å². The molecule has 4 aromatic rings. The number of nitro groups is 1. The van der Waals surface area contributed by atoms with Gasteiger partial charge < -0.3 is 4.74 Å². The lowest BCUT2D eigenvalue weighted by molar-refractivity contribution is -0.384. The van der Waals surface area contributed by atoms with Crippen molar-refractivity contribution in [2.45, 2.75) is 0 Å². The summed E-state index contributed by atoms with van der Waals surface area (Å²) in [6, 6.07) is 20.8. The summed E-state index contributed by atoms with van der Waals surface area (Å²) in [6.45, 7) is 0. The van der Waals surface area contributed by atoms with Crippen LogP contribution in [-0.2, 0) is 0 Å². The van der Waals surface area contributed by atoms with Crippen LogP contribution in [0.2, 0.25) is 5.02 Å². The third kappa shape index (κ3) is 4.39. The average molecular weight is 404 g/mol. The Morgan fingerprint density at radius 1 is 0.897 bits per heavy atom. The summed E-state index contributed by atoms with van der Waals surface area (Å²) in [7, 11) is 0. The average Bonchev–Trinajstić information content (AvgIpc) is 2.74. The van der Waals surface area contributed by atoms with Gasteiger partial charge in [-0.05, 0) is 48.0 Å². The van der Waals surface area contributed by atoms with Crippen molar-refractivity contribution in [2.24, 2.45) is 0 Å². The van der Waals surface area contributed by atoms with E-state index >= 15 is 0 Å². The van der Waals surface area contributed by atoms with Crippen molar-refractivity contribution in [2.75, 3.05) is 0 Å². The first kappa shape index (κ1) is 18.6. The van der Waals surface area contributed by atoms with E-state index in [1.807, 2.05) is 24.3 Å². The summed E-state index contributed by atoms with van der Waals surface area (Å²) >= 11 is 5.93. The second-order valence-corrected chi connectivity index (χ2v) is 6.58. The van der Waals surface area contributed by atoms with Crippen LogP contribution >= 0.6 is 11.6 Å². The van der Waals surface area contributed by atoms with Crippen LogP contribution < -0.4 is 4.74 Å². The molecule has 29 heavy (non-hydrogen) atoms. The van der Waals surface area contributed by atoms with Gasteiger partial charge in [-0.3, -0.25) is 10.1 Å². The van der Waals surface area contributed by atoms with Gasteiger partial charge in [-0.15, -0.1) is 0 Å². The molecule has 0 aliphatic heterocycles. The van der Waals surface area contributed by atoms with E-state index in [0.29, 0.717) is 33.4 Å². The zero-order valence-corrected chi connectivity index (χ0v) is 15.8. The van der Waals surface area contributed by atoms with Crippen LogP contribution in [0.1, 0.15) is 11.3 Å². The van der Waals surface area contributed by atoms with E-state index in [0.717, 1.165) is 5.52 Å². The van der Waals surface area contributed by atoms with Crippen molar-refractivity contribution in [1.29, 1.82) is 0 Å². The van der Waals surface area contributed by atoms with Gasteiger partial charge in [0.2, 0.25) is 5.88 Å². The van der Waals surface area contributed by atoms with Crippen LogP contribution in [0.15, 0.2) is 72.8 Å². The molecule has 0 N–H and O–H groups in total. The lowest BCUT2D eigenvalue weighted by Crippen LogP contribution is -1.96. The third-order valence-electron chi connectivity index (χ3n) is 4.11. The Morgan fingerprint density at radius 2 is 1.62 bits per heavy atom. The Labute approximate surface area is 171 Å². The highest BCUT2D eigenvalue weighted by Gasteiger charge is 2.10. The minimum atomic E-state index is -0.428. The number of fused-ring (bicyclic) bond motifs is 1. The number of hydrogen-bond donors (Lipinski definition) is 0. The van der Waals surface area contributed by atoms with Gasteiger partial charge in [-0.25, -0.2) is 9.97 Å². The lowest BCUT2D eigenvalue weighted by atomic mass is 10.2. The van der Waals surface area contributed by atoms with Gasteiger partial charge in [0.1, 0.15) is 11.4 Å². The number of ether oxygens (including phenoxy) is 1. The van der Waals surface area contributed by atoms with Gasteiger partial charge >= 0.3 is 0 Å². The zero-order valence-electron chi connectivity index (χ0n) is 15.0. The maximum absolute atomic E-state index is 11.0. The quantitative estimate of drug-likeness (QED) is 0.295. The summed E-state index contributed by atoms with van der Waals surface area (Å²) in [5, 5.41) is 11.6. The summed E-state index contributed by atoms with van der Waals surface area (Å²) in [6.07, 6.45) is 3.46. The Kier molecular flexibility index (Phi) is 5.18. The van der Waals surface area contributed by atoms with Crippen LogP contribution in [0.3, 0.4) is 0 Å². The number of halogens is 1. The van der Waals surface area contributed by atoms with Crippen LogP contribution in [0.4, 0.5) is 5.69 Å². The molecule has 0 amide bonds. The molecule has 0 unspecified atom stereocenters. The molecule has 7 heteroatoms. The van der Waals surface area contributed by atoms with E-state index < -0.39 is 4.92 Å². The highest BCUT2D eigenvalue weighted by molar-refractivity contribution is 6.30. The number of aromatic nitrogens is 2. The first-order chi connectivity index (χ1) is 14.1. The molecule has 0 saturated heterocycles. The normalized spacial score (nSPS) is 11.1. The Morgan fingerprint density at radius 3 is 2.34 bits per heavy atom. The van der Waals surface area contributed by atoms with Gasteiger partial charge in [0.15, 0.2) is 0 Å². The summed E-state index contributed by atoms with van der Waals surface area (Å²) < 4.78 is 5.93. The molecule has 0 bridgehead atoms. The summed E-state index contributed by atoms with van der Waals surface area (Å²) in [4.78, 5) is 19.8. The fourth-order valence-corrected chi connectivity index (χ4v) is 2.84. The molecular weight excluding hydrogens is 390 g/mol. The smallest absolute Gasteiger partial charge is 0.270 e. The highest BCUT2D eigenvalue weighted by atomic mass is 35.5. The third-order valence-corrected chi connectivity index (χ3v) is 4.36. The molecule has 0 atom stereocenters. The predicted molar refractivity (Wildman–Crippen MR) is 113 cm³/mol. The molecule has 3 aromatic carbocycles. The standard InChI is InChI=1S/C22H14ClN3O3/c23-16-9-11-18(12-10-16)29-22-21(24-19-6-1-2-7-20(19)25-22)13-8-15-4-3-5-17(14-15)26(27)28/h1-14H. The zero-order chi connectivity index (χ0) is 20.2. The molecule has 0 aliphatic rings. The number of non-ortho nitro benzene ring substituents is 1. The van der Waals surface area contributed by atoms with Crippen molar-refractivity contribution >= 4 is 40.5 Å². The molecule has 0 saturated carbocycles. The second-order valence-electron chi connectivity index (χ2n) is 6.14. The van der Waals surface area contributed by atoms with Gasteiger partial charge in [0.05, 0.1) is 16.0 Å². The van der Waals surface area contributed by atoms with E-state index in [1.165, 1.54) is 12.1 Å². The van der Waals surface area contributed by atoms with Crippen LogP contribution in [0, 0.1) is 10.1 Å². The second kappa shape index (κ2) is 8.08. The van der Waals surface area contributed by atoms with Gasteiger partial charge in [0, 0.05) is 17.2 Å². The molecule has 142 valence electrons. The van der Waals surface area contributed by atoms with Crippen molar-refractivity contribution in [1.82, 2.24) is 9.97 Å². The molecule has 6 nitrogen and oxygen atoms in total. The van der Waals surface area contributed by atoms with E-state index in [1.54, 1.807) is 48.6 Å². The number of benzene rings is 3. The molecule has 0 radical (unpaired) electrons. The van der Waals surface area contributed by atoms with E-state index in [9.17, 15) is 10.1 Å². The topological polar surface area (TPSA) is 78.2 Å². The lowest BCUT2D eigenvalue weighted by Gasteiger charge is -2.09. The van der Waals surface area contributed by atoms with Gasteiger partial charge in [0.25, 0.3) is 5.69 Å². The molecule has 0 spiro atoms. The molecule has 4 rings (SSSR count). The van der Waals surface area contributed by atoms with Crippen molar-refractivity contribution in [3.05, 3.63) is 99.2 Å². The minimum absolute atomic E-state index is 0.0226. The number of nitrogens with zero attached hydrogens (tertiary/aromatic N) is 3. The molecule has 0 fully saturated rings. The molecule has 1 aromatic heterocycles. The van der Waals surface area contributed by atoms with Crippen molar-refractivity contribution < 1.29 is 9.66 Å². The predicted octanol–water partition coefficient (Wildman–Crippen LogP) is 6.15. The minimum Gasteiger partial charge on any atom is -0.437 e. The first-order valence-electron chi connectivity index (χ1n) is 8.71. The van der Waals surface area contributed by atoms with E-state index in [-0.39, 0.29) is 5.69 Å².